The lowest BCUT2D eigenvalue weighted by Crippen LogP contribution is -2.33. The molecule has 1 unspecified atom stereocenters. The Morgan fingerprint density at radius 3 is 3.00 bits per heavy atom. The van der Waals surface area contributed by atoms with E-state index in [0.29, 0.717) is 24.7 Å². The summed E-state index contributed by atoms with van der Waals surface area (Å²) < 4.78 is 10.6. The lowest BCUT2D eigenvalue weighted by Gasteiger charge is -2.22. The van der Waals surface area contributed by atoms with Gasteiger partial charge in [0.2, 0.25) is 0 Å². The fraction of sp³-hybridized carbons (Fsp3) is 0.611. The summed E-state index contributed by atoms with van der Waals surface area (Å²) in [7, 11) is 1.67. The standard InChI is InChI=1S/C18H28N2O3.ClH/c1-22-11-4-12-23-17-7-2-6-16(13-17)18(21)20-10-8-15-5-3-9-19-14-15;/h2,6-7,13,15,19H,3-5,8-12,14H2,1H3,(H,20,21);1H. The highest BCUT2D eigenvalue weighted by Crippen LogP contribution is 2.15. The van der Waals surface area contributed by atoms with E-state index in [9.17, 15) is 4.79 Å². The number of ether oxygens (including phenoxy) is 2. The van der Waals surface area contributed by atoms with Crippen molar-refractivity contribution in [3.63, 3.8) is 0 Å². The van der Waals surface area contributed by atoms with Gasteiger partial charge in [0.05, 0.1) is 6.61 Å². The SMILES string of the molecule is COCCCOc1cccc(C(=O)NCCC2CCCNC2)c1.Cl. The average molecular weight is 357 g/mol. The molecule has 5 nitrogen and oxygen atoms in total. The number of benzene rings is 1. The predicted octanol–water partition coefficient (Wildman–Crippen LogP) is 2.64. The van der Waals surface area contributed by atoms with Gasteiger partial charge in [-0.25, -0.2) is 0 Å². The molecule has 0 aromatic heterocycles. The number of rotatable bonds is 9. The van der Waals surface area contributed by atoms with E-state index >= 15 is 0 Å². The first kappa shape index (κ1) is 20.7. The molecule has 6 heteroatoms. The quantitative estimate of drug-likeness (QED) is 0.668. The maximum Gasteiger partial charge on any atom is 0.251 e. The van der Waals surface area contributed by atoms with Gasteiger partial charge in [-0.3, -0.25) is 4.79 Å². The summed E-state index contributed by atoms with van der Waals surface area (Å²) in [4.78, 5) is 12.2. The molecule has 0 radical (unpaired) electrons. The molecule has 1 heterocycles. The molecular weight excluding hydrogens is 328 g/mol. The first-order valence-electron chi connectivity index (χ1n) is 8.50. The van der Waals surface area contributed by atoms with Crippen LogP contribution in [0.25, 0.3) is 0 Å². The number of halogens is 1. The van der Waals surface area contributed by atoms with Crippen molar-refractivity contribution in [2.24, 2.45) is 5.92 Å². The summed E-state index contributed by atoms with van der Waals surface area (Å²) in [5.74, 6) is 1.38. The van der Waals surface area contributed by atoms with E-state index in [1.807, 2.05) is 18.2 Å². The molecule has 1 aliphatic heterocycles. The molecule has 1 fully saturated rings. The minimum atomic E-state index is -0.0314. The Kier molecular flexibility index (Phi) is 10.5. The van der Waals surface area contributed by atoms with Crippen LogP contribution in [0, 0.1) is 5.92 Å². The van der Waals surface area contributed by atoms with Crippen LogP contribution < -0.4 is 15.4 Å². The molecule has 0 bridgehead atoms. The first-order valence-corrected chi connectivity index (χ1v) is 8.50. The fourth-order valence-electron chi connectivity index (χ4n) is 2.78. The number of methoxy groups -OCH3 is 1. The van der Waals surface area contributed by atoms with E-state index in [-0.39, 0.29) is 18.3 Å². The lowest BCUT2D eigenvalue weighted by atomic mass is 9.96. The molecule has 2 rings (SSSR count). The maximum atomic E-state index is 12.2. The second kappa shape index (κ2) is 12.1. The van der Waals surface area contributed by atoms with Crippen LogP contribution in [0.3, 0.4) is 0 Å². The molecule has 136 valence electrons. The van der Waals surface area contributed by atoms with Crippen LogP contribution in [0.4, 0.5) is 0 Å². The molecular formula is C18H29ClN2O3. The van der Waals surface area contributed by atoms with Gasteiger partial charge in [-0.05, 0) is 56.5 Å². The van der Waals surface area contributed by atoms with E-state index < -0.39 is 0 Å². The van der Waals surface area contributed by atoms with Crippen LogP contribution >= 0.6 is 12.4 Å². The van der Waals surface area contributed by atoms with Crippen molar-refractivity contribution in [3.8, 4) is 5.75 Å². The lowest BCUT2D eigenvalue weighted by molar-refractivity contribution is 0.0950. The summed E-state index contributed by atoms with van der Waals surface area (Å²) in [5.41, 5.74) is 0.649. The zero-order chi connectivity index (χ0) is 16.3. The Bertz CT molecular complexity index is 479. The Hall–Kier alpha value is -1.30. The second-order valence-corrected chi connectivity index (χ2v) is 5.98. The highest BCUT2D eigenvalue weighted by molar-refractivity contribution is 5.94. The normalized spacial score (nSPS) is 17.0. The van der Waals surface area contributed by atoms with Crippen LogP contribution in [-0.4, -0.2) is 45.9 Å². The van der Waals surface area contributed by atoms with Crippen molar-refractivity contribution in [1.29, 1.82) is 0 Å². The smallest absolute Gasteiger partial charge is 0.251 e. The zero-order valence-corrected chi connectivity index (χ0v) is 15.2. The van der Waals surface area contributed by atoms with Gasteiger partial charge >= 0.3 is 0 Å². The van der Waals surface area contributed by atoms with Gasteiger partial charge in [0, 0.05) is 32.2 Å². The molecule has 0 aliphatic carbocycles. The molecule has 0 spiro atoms. The topological polar surface area (TPSA) is 59.6 Å². The second-order valence-electron chi connectivity index (χ2n) is 5.98. The number of hydrogen-bond acceptors (Lipinski definition) is 4. The zero-order valence-electron chi connectivity index (χ0n) is 14.4. The van der Waals surface area contributed by atoms with Gasteiger partial charge in [0.15, 0.2) is 0 Å². The van der Waals surface area contributed by atoms with Crippen LogP contribution in [0.5, 0.6) is 5.75 Å². The highest BCUT2D eigenvalue weighted by atomic mass is 35.5. The van der Waals surface area contributed by atoms with Crippen LogP contribution in [0.15, 0.2) is 24.3 Å². The third-order valence-corrected chi connectivity index (χ3v) is 4.09. The molecule has 1 saturated heterocycles. The molecule has 1 atom stereocenters. The van der Waals surface area contributed by atoms with Crippen LogP contribution in [-0.2, 0) is 4.74 Å². The average Bonchev–Trinajstić information content (AvgIpc) is 2.60. The maximum absolute atomic E-state index is 12.2. The van der Waals surface area contributed by atoms with Gasteiger partial charge in [-0.2, -0.15) is 0 Å². The van der Waals surface area contributed by atoms with Gasteiger partial charge in [-0.1, -0.05) is 6.07 Å². The van der Waals surface area contributed by atoms with Gasteiger partial charge in [0.1, 0.15) is 5.75 Å². The fourth-order valence-corrected chi connectivity index (χ4v) is 2.78. The van der Waals surface area contributed by atoms with Crippen molar-refractivity contribution >= 4 is 18.3 Å². The number of carbonyl (C=O) groups is 1. The molecule has 2 N–H and O–H groups in total. The molecule has 24 heavy (non-hydrogen) atoms. The van der Waals surface area contributed by atoms with Crippen molar-refractivity contribution in [2.45, 2.75) is 25.7 Å². The van der Waals surface area contributed by atoms with Gasteiger partial charge < -0.3 is 20.1 Å². The monoisotopic (exact) mass is 356 g/mol. The molecule has 1 aliphatic rings. The molecule has 1 aromatic rings. The predicted molar refractivity (Wildman–Crippen MR) is 98.2 cm³/mol. The van der Waals surface area contributed by atoms with E-state index in [1.165, 1.54) is 12.8 Å². The molecule has 1 aromatic carbocycles. The largest absolute Gasteiger partial charge is 0.493 e. The van der Waals surface area contributed by atoms with E-state index in [1.54, 1.807) is 13.2 Å². The first-order chi connectivity index (χ1) is 11.3. The number of carbonyl (C=O) groups excluding carboxylic acids is 1. The Morgan fingerprint density at radius 1 is 1.38 bits per heavy atom. The van der Waals surface area contributed by atoms with Crippen LogP contribution in [0.2, 0.25) is 0 Å². The van der Waals surface area contributed by atoms with Gasteiger partial charge in [-0.15, -0.1) is 12.4 Å². The third-order valence-electron chi connectivity index (χ3n) is 4.09. The van der Waals surface area contributed by atoms with Crippen LogP contribution in [0.1, 0.15) is 36.0 Å². The van der Waals surface area contributed by atoms with Crippen molar-refractivity contribution < 1.29 is 14.3 Å². The number of hydrogen-bond donors (Lipinski definition) is 2. The minimum absolute atomic E-state index is 0. The summed E-state index contributed by atoms with van der Waals surface area (Å²) in [6.07, 6.45) is 4.36. The summed E-state index contributed by atoms with van der Waals surface area (Å²) in [5, 5.41) is 6.41. The Labute approximate surface area is 150 Å². The van der Waals surface area contributed by atoms with E-state index in [2.05, 4.69) is 10.6 Å². The summed E-state index contributed by atoms with van der Waals surface area (Å²) in [6.45, 7) is 4.19. The van der Waals surface area contributed by atoms with E-state index in [4.69, 9.17) is 9.47 Å². The Balaban J connectivity index is 0.00000288. The van der Waals surface area contributed by atoms with Crippen molar-refractivity contribution in [1.82, 2.24) is 10.6 Å². The van der Waals surface area contributed by atoms with Crippen molar-refractivity contribution in [3.05, 3.63) is 29.8 Å². The molecule has 0 saturated carbocycles. The van der Waals surface area contributed by atoms with Gasteiger partial charge in [0.25, 0.3) is 5.91 Å². The number of amides is 1. The number of piperidine rings is 1. The summed E-state index contributed by atoms with van der Waals surface area (Å²) in [6, 6.07) is 7.34. The van der Waals surface area contributed by atoms with E-state index in [0.717, 1.165) is 38.2 Å². The minimum Gasteiger partial charge on any atom is -0.493 e. The highest BCUT2D eigenvalue weighted by Gasteiger charge is 2.13. The molecule has 1 amide bonds. The number of nitrogens with one attached hydrogen (secondary N) is 2. The summed E-state index contributed by atoms with van der Waals surface area (Å²) >= 11 is 0. The van der Waals surface area contributed by atoms with Crippen molar-refractivity contribution in [2.75, 3.05) is 40.0 Å². The Morgan fingerprint density at radius 2 is 2.25 bits per heavy atom. The third kappa shape index (κ3) is 7.51.